The Labute approximate surface area is 230 Å². The number of para-hydroxylation sites is 1. The predicted octanol–water partition coefficient (Wildman–Crippen LogP) is 3.91. The Morgan fingerprint density at radius 2 is 1.77 bits per heavy atom. The molecule has 0 aliphatic heterocycles. The minimum Gasteiger partial charge on any atom is -0.493 e. The van der Waals surface area contributed by atoms with Gasteiger partial charge in [0.2, 0.25) is 15.9 Å². The van der Waals surface area contributed by atoms with E-state index in [1.807, 2.05) is 0 Å². The maximum atomic E-state index is 12.8. The maximum absolute atomic E-state index is 12.8. The van der Waals surface area contributed by atoms with Crippen LogP contribution in [0.1, 0.15) is 25.7 Å². The Hall–Kier alpha value is -3.28. The highest BCUT2D eigenvalue weighted by atomic mass is 35.5. The van der Waals surface area contributed by atoms with E-state index in [2.05, 4.69) is 4.72 Å². The van der Waals surface area contributed by atoms with E-state index in [0.29, 0.717) is 58.9 Å². The van der Waals surface area contributed by atoms with Crippen molar-refractivity contribution in [3.63, 3.8) is 0 Å². The van der Waals surface area contributed by atoms with Gasteiger partial charge >= 0.3 is 0 Å². The highest BCUT2D eigenvalue weighted by molar-refractivity contribution is 7.90. The first-order valence-corrected chi connectivity index (χ1v) is 14.4. The molecule has 5 rings (SSSR count). The van der Waals surface area contributed by atoms with E-state index in [-0.39, 0.29) is 42.0 Å². The van der Waals surface area contributed by atoms with E-state index in [1.54, 1.807) is 30.3 Å². The lowest BCUT2D eigenvalue weighted by Gasteiger charge is -2.33. The first kappa shape index (κ1) is 27.3. The van der Waals surface area contributed by atoms with Gasteiger partial charge in [-0.05, 0) is 43.9 Å². The molecule has 1 heterocycles. The summed E-state index contributed by atoms with van der Waals surface area (Å²) in [6.45, 7) is 0.380. The second-order valence-corrected chi connectivity index (χ2v) is 11.9. The van der Waals surface area contributed by atoms with Crippen LogP contribution in [0.3, 0.4) is 0 Å². The van der Waals surface area contributed by atoms with Gasteiger partial charge in [0.25, 0.3) is 0 Å². The number of carbonyl (C=O) groups is 1. The molecule has 1 amide bonds. The second kappa shape index (κ2) is 11.1. The fourth-order valence-electron chi connectivity index (χ4n) is 4.42. The zero-order valence-electron chi connectivity index (χ0n) is 21.4. The summed E-state index contributed by atoms with van der Waals surface area (Å²) in [5, 5.41) is 0.229. The normalized spacial score (nSPS) is 18.8. The highest BCUT2D eigenvalue weighted by Gasteiger charge is 2.41. The number of methoxy groups -OCH3 is 2. The molecule has 2 fully saturated rings. The van der Waals surface area contributed by atoms with Crippen LogP contribution in [0.15, 0.2) is 45.6 Å². The number of ether oxygens (including phenoxy) is 4. The summed E-state index contributed by atoms with van der Waals surface area (Å²) < 4.78 is 54.8. The Kier molecular flexibility index (Phi) is 7.75. The molecule has 1 N–H and O–H groups in total. The smallest absolute Gasteiger partial charge is 0.237 e. The van der Waals surface area contributed by atoms with Crippen LogP contribution < -0.4 is 24.4 Å². The molecule has 0 radical (unpaired) electrons. The quantitative estimate of drug-likeness (QED) is 0.337. The van der Waals surface area contributed by atoms with Gasteiger partial charge in [0.05, 0.1) is 48.2 Å². The zero-order valence-corrected chi connectivity index (χ0v) is 23.0. The molecule has 208 valence electrons. The van der Waals surface area contributed by atoms with Gasteiger partial charge in [-0.3, -0.25) is 14.3 Å². The summed E-state index contributed by atoms with van der Waals surface area (Å²) in [5.74, 6) is 0.607. The molecule has 39 heavy (non-hydrogen) atoms. The first-order valence-electron chi connectivity index (χ1n) is 12.5. The molecule has 12 heteroatoms. The van der Waals surface area contributed by atoms with Gasteiger partial charge in [0.1, 0.15) is 18.1 Å². The lowest BCUT2D eigenvalue weighted by molar-refractivity contribution is -0.132. The largest absolute Gasteiger partial charge is 0.493 e. The van der Waals surface area contributed by atoms with Crippen LogP contribution in [0.5, 0.6) is 17.2 Å². The van der Waals surface area contributed by atoms with E-state index in [4.69, 9.17) is 35.0 Å². The molecular formula is C27H28ClNO9S. The fourth-order valence-corrected chi connectivity index (χ4v) is 6.00. The van der Waals surface area contributed by atoms with Crippen molar-refractivity contribution in [2.45, 2.75) is 37.0 Å². The molecular weight excluding hydrogens is 550 g/mol. The van der Waals surface area contributed by atoms with Crippen LogP contribution in [-0.4, -0.2) is 53.1 Å². The van der Waals surface area contributed by atoms with Crippen LogP contribution in [-0.2, 0) is 19.6 Å². The average molecular weight is 578 g/mol. The molecule has 10 nitrogen and oxygen atoms in total. The summed E-state index contributed by atoms with van der Waals surface area (Å²) in [4.78, 5) is 25.0. The minimum absolute atomic E-state index is 0.157. The Morgan fingerprint density at radius 3 is 2.46 bits per heavy atom. The molecule has 3 aromatic rings. The third kappa shape index (κ3) is 5.85. The number of fused-ring (bicyclic) bond motifs is 1. The molecule has 0 spiro atoms. The third-order valence-electron chi connectivity index (χ3n) is 6.82. The lowest BCUT2D eigenvalue weighted by atomic mass is 9.82. The number of carbonyl (C=O) groups excluding carboxylic acids is 1. The van der Waals surface area contributed by atoms with Crippen molar-refractivity contribution in [2.75, 3.05) is 27.4 Å². The van der Waals surface area contributed by atoms with Gasteiger partial charge in [-0.25, -0.2) is 8.42 Å². The molecule has 0 atom stereocenters. The van der Waals surface area contributed by atoms with Crippen molar-refractivity contribution in [1.82, 2.24) is 4.72 Å². The number of sulfonamides is 1. The third-order valence-corrected chi connectivity index (χ3v) is 8.96. The molecule has 1 aromatic heterocycles. The number of amides is 1. The average Bonchev–Trinajstić information content (AvgIpc) is 3.74. The van der Waals surface area contributed by atoms with E-state index in [0.717, 1.165) is 0 Å². The van der Waals surface area contributed by atoms with Gasteiger partial charge < -0.3 is 23.4 Å². The number of rotatable bonds is 11. The maximum Gasteiger partial charge on any atom is 0.237 e. The molecule has 0 bridgehead atoms. The van der Waals surface area contributed by atoms with Crippen molar-refractivity contribution >= 4 is 38.5 Å². The summed E-state index contributed by atoms with van der Waals surface area (Å²) in [6.07, 6.45) is 1.91. The molecule has 0 saturated heterocycles. The Morgan fingerprint density at radius 1 is 1.05 bits per heavy atom. The zero-order chi connectivity index (χ0) is 27.7. The molecule has 2 aliphatic carbocycles. The second-order valence-electron chi connectivity index (χ2n) is 9.52. The van der Waals surface area contributed by atoms with Gasteiger partial charge in [0.15, 0.2) is 22.5 Å². The van der Waals surface area contributed by atoms with Crippen LogP contribution in [0.4, 0.5) is 0 Å². The van der Waals surface area contributed by atoms with Gasteiger partial charge in [-0.1, -0.05) is 17.7 Å². The molecule has 2 aromatic carbocycles. The van der Waals surface area contributed by atoms with Crippen molar-refractivity contribution in [1.29, 1.82) is 0 Å². The SMILES string of the molecule is COc1cc(OCCO[C@H]2C[C@@H](C(=O)NS(=O)(=O)C3CC3)C2)c(-c2cc(=O)c3cccc(Cl)c3o2)cc1OC. The van der Waals surface area contributed by atoms with Gasteiger partial charge in [0, 0.05) is 18.1 Å². The van der Waals surface area contributed by atoms with Crippen LogP contribution in [0.2, 0.25) is 5.02 Å². The van der Waals surface area contributed by atoms with E-state index in [1.165, 1.54) is 20.3 Å². The summed E-state index contributed by atoms with van der Waals surface area (Å²) in [5.41, 5.74) is 0.467. The number of halogens is 1. The summed E-state index contributed by atoms with van der Waals surface area (Å²) >= 11 is 6.28. The van der Waals surface area contributed by atoms with E-state index < -0.39 is 21.2 Å². The van der Waals surface area contributed by atoms with Gasteiger partial charge in [-0.15, -0.1) is 0 Å². The lowest BCUT2D eigenvalue weighted by Crippen LogP contribution is -2.45. The topological polar surface area (TPSA) is 130 Å². The number of hydrogen-bond donors (Lipinski definition) is 1. The number of nitrogens with one attached hydrogen (secondary N) is 1. The molecule has 2 aliphatic rings. The van der Waals surface area contributed by atoms with Crippen molar-refractivity contribution in [3.05, 3.63) is 51.6 Å². The molecule has 2 saturated carbocycles. The van der Waals surface area contributed by atoms with Crippen LogP contribution in [0.25, 0.3) is 22.3 Å². The minimum atomic E-state index is -3.55. The monoisotopic (exact) mass is 577 g/mol. The Bertz CT molecular complexity index is 1560. The van der Waals surface area contributed by atoms with Crippen molar-refractivity contribution in [2.24, 2.45) is 5.92 Å². The fraction of sp³-hybridized carbons (Fsp3) is 0.407. The molecule has 0 unspecified atom stereocenters. The van der Waals surface area contributed by atoms with Crippen LogP contribution in [0, 0.1) is 5.92 Å². The highest BCUT2D eigenvalue weighted by Crippen LogP contribution is 2.41. The summed E-state index contributed by atoms with van der Waals surface area (Å²) in [6, 6.07) is 9.61. The van der Waals surface area contributed by atoms with Crippen molar-refractivity contribution in [3.8, 4) is 28.6 Å². The van der Waals surface area contributed by atoms with Crippen LogP contribution >= 0.6 is 11.6 Å². The Balaban J connectivity index is 1.25. The number of hydrogen-bond acceptors (Lipinski definition) is 9. The predicted molar refractivity (Wildman–Crippen MR) is 144 cm³/mol. The standard InChI is InChI=1S/C27H28ClNO9S/c1-34-24-12-19(23-13-21(30)18-4-3-5-20(28)26(18)38-23)22(14-25(24)35-2)37-9-8-36-16-10-15(11-16)27(31)29-39(32,33)17-6-7-17/h3-5,12-17H,6-11H2,1-2H3,(H,29,31)/t15-,16+. The van der Waals surface area contributed by atoms with E-state index in [9.17, 15) is 18.0 Å². The van der Waals surface area contributed by atoms with Gasteiger partial charge in [-0.2, -0.15) is 0 Å². The summed E-state index contributed by atoms with van der Waals surface area (Å²) in [7, 11) is -0.550. The van der Waals surface area contributed by atoms with E-state index >= 15 is 0 Å². The number of benzene rings is 2. The van der Waals surface area contributed by atoms with Crippen molar-refractivity contribution < 1.29 is 36.6 Å². The first-order chi connectivity index (χ1) is 18.7.